The average Bonchev–Trinajstić information content (AvgIpc) is 3.18. The third-order valence-corrected chi connectivity index (χ3v) is 5.58. The van der Waals surface area contributed by atoms with Crippen LogP contribution in [0.25, 0.3) is 0 Å². The average molecular weight is 322 g/mol. The molecule has 0 bridgehead atoms. The highest BCUT2D eigenvalue weighted by molar-refractivity contribution is 7.13. The largest absolute Gasteiger partial charge is 0.354 e. The highest BCUT2D eigenvalue weighted by Crippen LogP contribution is 2.34. The van der Waals surface area contributed by atoms with Crippen LogP contribution >= 0.6 is 22.7 Å². The van der Waals surface area contributed by atoms with Crippen molar-refractivity contribution in [2.45, 2.75) is 31.8 Å². The Morgan fingerprint density at radius 2 is 2.38 bits per heavy atom. The van der Waals surface area contributed by atoms with Gasteiger partial charge in [-0.1, -0.05) is 6.42 Å². The van der Waals surface area contributed by atoms with Crippen molar-refractivity contribution in [1.29, 1.82) is 0 Å². The van der Waals surface area contributed by atoms with Crippen LogP contribution in [0.4, 0.5) is 0 Å². The van der Waals surface area contributed by atoms with Crippen LogP contribution in [0.3, 0.4) is 0 Å². The number of amides is 1. The van der Waals surface area contributed by atoms with Crippen molar-refractivity contribution in [3.63, 3.8) is 0 Å². The summed E-state index contributed by atoms with van der Waals surface area (Å²) in [5.41, 5.74) is 1.88. The summed E-state index contributed by atoms with van der Waals surface area (Å²) in [6, 6.07) is 0.323. The van der Waals surface area contributed by atoms with Crippen LogP contribution < -0.4 is 5.32 Å². The molecule has 1 aliphatic heterocycles. The number of aromatic nitrogens is 2. The normalized spacial score (nSPS) is 19.6. The molecule has 1 aliphatic rings. The highest BCUT2D eigenvalue weighted by Gasteiger charge is 2.27. The number of nitrogens with zero attached hydrogens (tertiary/aromatic N) is 3. The highest BCUT2D eigenvalue weighted by atomic mass is 32.1. The summed E-state index contributed by atoms with van der Waals surface area (Å²) in [6.45, 7) is 2.00. The molecular formula is C14H18N4OS2. The number of nitrogens with one attached hydrogen (secondary N) is 1. The minimum atomic E-state index is -0.0523. The van der Waals surface area contributed by atoms with E-state index in [-0.39, 0.29) is 5.91 Å². The van der Waals surface area contributed by atoms with E-state index in [1.54, 1.807) is 24.6 Å². The van der Waals surface area contributed by atoms with Crippen LogP contribution in [-0.2, 0) is 6.54 Å². The molecule has 1 fully saturated rings. The number of rotatable bonds is 4. The number of piperidine rings is 1. The van der Waals surface area contributed by atoms with E-state index in [1.807, 2.05) is 11.7 Å². The second kappa shape index (κ2) is 6.64. The van der Waals surface area contributed by atoms with Crippen molar-refractivity contribution in [3.05, 3.63) is 32.7 Å². The number of hydrogen-bond donors (Lipinski definition) is 1. The second-order valence-corrected chi connectivity index (χ2v) is 7.12. The molecule has 1 N–H and O–H groups in total. The van der Waals surface area contributed by atoms with Gasteiger partial charge in [0.05, 0.1) is 17.7 Å². The van der Waals surface area contributed by atoms with Crippen molar-refractivity contribution in [2.24, 2.45) is 0 Å². The van der Waals surface area contributed by atoms with Gasteiger partial charge in [-0.25, -0.2) is 4.98 Å². The first kappa shape index (κ1) is 14.6. The summed E-state index contributed by atoms with van der Waals surface area (Å²) in [4.78, 5) is 24.8. The van der Waals surface area contributed by atoms with Crippen molar-refractivity contribution >= 4 is 28.6 Å². The molecule has 0 aromatic carbocycles. The van der Waals surface area contributed by atoms with Gasteiger partial charge in [-0.05, 0) is 19.4 Å². The summed E-state index contributed by atoms with van der Waals surface area (Å²) < 4.78 is 0. The van der Waals surface area contributed by atoms with E-state index in [1.165, 1.54) is 29.1 Å². The number of thiazole rings is 2. The van der Waals surface area contributed by atoms with Crippen LogP contribution in [0, 0.1) is 0 Å². The third-order valence-electron chi connectivity index (χ3n) is 3.72. The molecule has 1 atom stereocenters. The number of carbonyl (C=O) groups excluding carboxylic acids is 1. The molecule has 0 spiro atoms. The van der Waals surface area contributed by atoms with Crippen molar-refractivity contribution in [1.82, 2.24) is 20.2 Å². The van der Waals surface area contributed by atoms with Crippen molar-refractivity contribution in [3.8, 4) is 0 Å². The zero-order valence-electron chi connectivity index (χ0n) is 11.9. The zero-order valence-corrected chi connectivity index (χ0v) is 13.5. The van der Waals surface area contributed by atoms with Crippen molar-refractivity contribution < 1.29 is 4.79 Å². The Labute approximate surface area is 132 Å². The van der Waals surface area contributed by atoms with E-state index >= 15 is 0 Å². The minimum Gasteiger partial charge on any atom is -0.354 e. The fourth-order valence-electron chi connectivity index (χ4n) is 2.65. The van der Waals surface area contributed by atoms with E-state index in [2.05, 4.69) is 20.2 Å². The van der Waals surface area contributed by atoms with Gasteiger partial charge in [0.25, 0.3) is 5.91 Å². The third kappa shape index (κ3) is 3.30. The summed E-state index contributed by atoms with van der Waals surface area (Å²) >= 11 is 3.21. The molecule has 2 aromatic rings. The SMILES string of the molecule is CNC(=O)c1cnc([C@H]2CCCCN2Cc2cncs2)s1. The molecule has 21 heavy (non-hydrogen) atoms. The quantitative estimate of drug-likeness (QED) is 0.940. The summed E-state index contributed by atoms with van der Waals surface area (Å²) in [6.07, 6.45) is 7.19. The monoisotopic (exact) mass is 322 g/mol. The smallest absolute Gasteiger partial charge is 0.262 e. The fourth-order valence-corrected chi connectivity index (χ4v) is 4.30. The Kier molecular flexibility index (Phi) is 4.62. The van der Waals surface area contributed by atoms with Crippen LogP contribution in [0.5, 0.6) is 0 Å². The topological polar surface area (TPSA) is 58.1 Å². The molecule has 3 heterocycles. The van der Waals surface area contributed by atoms with Gasteiger partial charge in [-0.2, -0.15) is 0 Å². The Hall–Kier alpha value is -1.31. The Morgan fingerprint density at radius 1 is 1.48 bits per heavy atom. The van der Waals surface area contributed by atoms with E-state index in [0.29, 0.717) is 10.9 Å². The molecular weight excluding hydrogens is 304 g/mol. The lowest BCUT2D eigenvalue weighted by atomic mass is 10.0. The maximum Gasteiger partial charge on any atom is 0.262 e. The lowest BCUT2D eigenvalue weighted by molar-refractivity contribution is 0.0967. The lowest BCUT2D eigenvalue weighted by Crippen LogP contribution is -2.32. The minimum absolute atomic E-state index is 0.0523. The van der Waals surface area contributed by atoms with Gasteiger partial charge in [-0.15, -0.1) is 22.7 Å². The summed E-state index contributed by atoms with van der Waals surface area (Å²) in [7, 11) is 1.65. The Bertz CT molecular complexity index is 596. The molecule has 3 rings (SSSR count). The first-order chi connectivity index (χ1) is 10.3. The predicted molar refractivity (Wildman–Crippen MR) is 84.6 cm³/mol. The van der Waals surface area contributed by atoms with Crippen LogP contribution in [-0.4, -0.2) is 34.4 Å². The predicted octanol–water partition coefficient (Wildman–Crippen LogP) is 2.69. The number of hydrogen-bond acceptors (Lipinski definition) is 6. The van der Waals surface area contributed by atoms with Crippen molar-refractivity contribution in [2.75, 3.05) is 13.6 Å². The first-order valence-corrected chi connectivity index (χ1v) is 8.77. The molecule has 0 unspecified atom stereocenters. The lowest BCUT2D eigenvalue weighted by Gasteiger charge is -2.34. The maximum absolute atomic E-state index is 11.7. The molecule has 5 nitrogen and oxygen atoms in total. The van der Waals surface area contributed by atoms with Gasteiger partial charge < -0.3 is 5.32 Å². The Morgan fingerprint density at radius 3 is 3.14 bits per heavy atom. The molecule has 112 valence electrons. The number of carbonyl (C=O) groups is 1. The molecule has 0 saturated carbocycles. The van der Waals surface area contributed by atoms with Crippen LogP contribution in [0.1, 0.15) is 44.9 Å². The molecule has 2 aromatic heterocycles. The zero-order chi connectivity index (χ0) is 14.7. The summed E-state index contributed by atoms with van der Waals surface area (Å²) in [5.74, 6) is -0.0523. The van der Waals surface area contributed by atoms with E-state index in [4.69, 9.17) is 0 Å². The fraction of sp³-hybridized carbons (Fsp3) is 0.500. The van der Waals surface area contributed by atoms with Gasteiger partial charge in [-0.3, -0.25) is 14.7 Å². The number of likely N-dealkylation sites (tertiary alicyclic amines) is 1. The molecule has 7 heteroatoms. The molecule has 0 radical (unpaired) electrons. The second-order valence-electron chi connectivity index (χ2n) is 5.09. The van der Waals surface area contributed by atoms with Gasteiger partial charge in [0.1, 0.15) is 9.88 Å². The molecule has 1 saturated heterocycles. The van der Waals surface area contributed by atoms with Crippen LogP contribution in [0.2, 0.25) is 0 Å². The van der Waals surface area contributed by atoms with Crippen LogP contribution in [0.15, 0.2) is 17.9 Å². The summed E-state index contributed by atoms with van der Waals surface area (Å²) in [5, 5.41) is 3.71. The van der Waals surface area contributed by atoms with Gasteiger partial charge in [0, 0.05) is 24.7 Å². The molecule has 0 aliphatic carbocycles. The van der Waals surface area contributed by atoms with Gasteiger partial charge in [0.2, 0.25) is 0 Å². The van der Waals surface area contributed by atoms with Gasteiger partial charge in [0.15, 0.2) is 0 Å². The Balaban J connectivity index is 1.77. The maximum atomic E-state index is 11.7. The standard InChI is InChI=1S/C14H18N4OS2/c1-15-13(19)12-7-17-14(21-12)11-4-2-3-5-18(11)8-10-6-16-9-20-10/h6-7,9,11H,2-5,8H2,1H3,(H,15,19)/t11-/m1/s1. The van der Waals surface area contributed by atoms with Gasteiger partial charge >= 0.3 is 0 Å². The van der Waals surface area contributed by atoms with E-state index < -0.39 is 0 Å². The molecule has 1 amide bonds. The first-order valence-electron chi connectivity index (χ1n) is 7.07. The van der Waals surface area contributed by atoms with E-state index in [9.17, 15) is 4.79 Å². The van der Waals surface area contributed by atoms with E-state index in [0.717, 1.165) is 24.5 Å².